The largest absolute Gasteiger partial charge is 0.454 e. The molecule has 2 rings (SSSR count). The topological polar surface area (TPSA) is 103 Å². The molecule has 0 bridgehead atoms. The standard InChI is InChI=1S/C17H19ClN2O6/c1-3-19-17(23)10(2)20-14(21)8-24-15(22)5-4-11-6-12(18)16-13(7-11)25-9-26-16/h4-7,10H,3,8-9H2,1-2H3,(H,19,23)(H,20,21)/b5-4+/t10-/m0/s1. The van der Waals surface area contributed by atoms with Gasteiger partial charge in [-0.05, 0) is 37.6 Å². The van der Waals surface area contributed by atoms with Crippen LogP contribution in [0.1, 0.15) is 19.4 Å². The van der Waals surface area contributed by atoms with Gasteiger partial charge < -0.3 is 24.8 Å². The van der Waals surface area contributed by atoms with Crippen molar-refractivity contribution in [1.29, 1.82) is 0 Å². The minimum atomic E-state index is -0.715. The number of carbonyl (C=O) groups is 3. The van der Waals surface area contributed by atoms with Gasteiger partial charge in [0.2, 0.25) is 12.7 Å². The quantitative estimate of drug-likeness (QED) is 0.543. The van der Waals surface area contributed by atoms with Crippen LogP contribution in [0.5, 0.6) is 11.5 Å². The normalized spacial score (nSPS) is 13.3. The zero-order valence-corrected chi connectivity index (χ0v) is 15.1. The van der Waals surface area contributed by atoms with Crippen LogP contribution in [0.25, 0.3) is 6.08 Å². The van der Waals surface area contributed by atoms with Crippen molar-refractivity contribution in [2.75, 3.05) is 19.9 Å². The minimum absolute atomic E-state index is 0.0913. The maximum atomic E-state index is 11.7. The first-order valence-electron chi connectivity index (χ1n) is 7.91. The fourth-order valence-corrected chi connectivity index (χ4v) is 2.38. The first-order chi connectivity index (χ1) is 12.4. The second-order valence-corrected chi connectivity index (χ2v) is 5.77. The first kappa shape index (κ1) is 19.6. The lowest BCUT2D eigenvalue weighted by Crippen LogP contribution is -2.46. The van der Waals surface area contributed by atoms with Crippen molar-refractivity contribution in [2.45, 2.75) is 19.9 Å². The van der Waals surface area contributed by atoms with Crippen LogP contribution in [-0.4, -0.2) is 43.8 Å². The molecule has 0 saturated heterocycles. The summed E-state index contributed by atoms with van der Waals surface area (Å²) in [5, 5.41) is 5.37. The third-order valence-corrected chi connectivity index (χ3v) is 3.61. The second-order valence-electron chi connectivity index (χ2n) is 5.36. The van der Waals surface area contributed by atoms with Crippen molar-refractivity contribution in [3.8, 4) is 11.5 Å². The Morgan fingerprint density at radius 3 is 2.85 bits per heavy atom. The molecule has 1 aromatic carbocycles. The first-order valence-corrected chi connectivity index (χ1v) is 8.29. The van der Waals surface area contributed by atoms with Gasteiger partial charge in [0.1, 0.15) is 6.04 Å². The highest BCUT2D eigenvalue weighted by molar-refractivity contribution is 6.32. The summed E-state index contributed by atoms with van der Waals surface area (Å²) in [6.45, 7) is 3.37. The summed E-state index contributed by atoms with van der Waals surface area (Å²) in [6.07, 6.45) is 2.64. The Kier molecular flexibility index (Phi) is 6.85. The number of nitrogens with one attached hydrogen (secondary N) is 2. The third-order valence-electron chi connectivity index (χ3n) is 3.33. The summed E-state index contributed by atoms with van der Waals surface area (Å²) in [6, 6.07) is 2.56. The fraction of sp³-hybridized carbons (Fsp3) is 0.353. The molecule has 1 heterocycles. The maximum Gasteiger partial charge on any atom is 0.331 e. The zero-order chi connectivity index (χ0) is 19.1. The van der Waals surface area contributed by atoms with Crippen LogP contribution in [0.3, 0.4) is 0 Å². The molecule has 0 radical (unpaired) electrons. The molecule has 0 unspecified atom stereocenters. The summed E-state index contributed by atoms with van der Waals surface area (Å²) in [4.78, 5) is 34.9. The van der Waals surface area contributed by atoms with Crippen molar-refractivity contribution in [3.05, 3.63) is 28.8 Å². The maximum absolute atomic E-state index is 11.7. The van der Waals surface area contributed by atoms with Crippen molar-refractivity contribution in [2.24, 2.45) is 0 Å². The van der Waals surface area contributed by atoms with E-state index in [1.807, 2.05) is 0 Å². The SMILES string of the molecule is CCNC(=O)[C@H](C)NC(=O)COC(=O)/C=C/c1cc(Cl)c2c(c1)OCO2. The molecule has 0 aliphatic carbocycles. The van der Waals surface area contributed by atoms with Gasteiger partial charge in [-0.15, -0.1) is 0 Å². The fourth-order valence-electron chi connectivity index (χ4n) is 2.11. The van der Waals surface area contributed by atoms with Gasteiger partial charge in [-0.25, -0.2) is 4.79 Å². The molecule has 1 aromatic rings. The molecule has 9 heteroatoms. The van der Waals surface area contributed by atoms with E-state index >= 15 is 0 Å². The molecule has 0 aromatic heterocycles. The zero-order valence-electron chi connectivity index (χ0n) is 14.3. The predicted molar refractivity (Wildman–Crippen MR) is 93.9 cm³/mol. The van der Waals surface area contributed by atoms with Gasteiger partial charge in [0, 0.05) is 12.6 Å². The Bertz CT molecular complexity index is 734. The van der Waals surface area contributed by atoms with Gasteiger partial charge in [0.05, 0.1) is 5.02 Å². The summed E-state index contributed by atoms with van der Waals surface area (Å²) in [5.41, 5.74) is 0.616. The van der Waals surface area contributed by atoms with Gasteiger partial charge in [-0.3, -0.25) is 9.59 Å². The Hall–Kier alpha value is -2.74. The van der Waals surface area contributed by atoms with Crippen molar-refractivity contribution in [3.63, 3.8) is 0 Å². The van der Waals surface area contributed by atoms with E-state index in [4.69, 9.17) is 25.8 Å². The van der Waals surface area contributed by atoms with Crippen LogP contribution in [0.15, 0.2) is 18.2 Å². The lowest BCUT2D eigenvalue weighted by Gasteiger charge is -2.12. The van der Waals surface area contributed by atoms with E-state index in [0.717, 1.165) is 6.08 Å². The number of hydrogen-bond acceptors (Lipinski definition) is 6. The lowest BCUT2D eigenvalue weighted by atomic mass is 10.2. The molecule has 1 aliphatic rings. The molecule has 2 N–H and O–H groups in total. The molecule has 0 fully saturated rings. The van der Waals surface area contributed by atoms with E-state index in [9.17, 15) is 14.4 Å². The number of rotatable bonds is 7. The van der Waals surface area contributed by atoms with Crippen LogP contribution < -0.4 is 20.1 Å². The molecule has 1 aliphatic heterocycles. The summed E-state index contributed by atoms with van der Waals surface area (Å²) >= 11 is 6.05. The van der Waals surface area contributed by atoms with E-state index < -0.39 is 24.5 Å². The van der Waals surface area contributed by atoms with E-state index in [1.54, 1.807) is 19.1 Å². The number of hydrogen-bond donors (Lipinski definition) is 2. The van der Waals surface area contributed by atoms with Gasteiger partial charge in [-0.2, -0.15) is 0 Å². The molecule has 1 atom stereocenters. The average Bonchev–Trinajstić information content (AvgIpc) is 3.07. The number of amides is 2. The summed E-state index contributed by atoms with van der Waals surface area (Å²) in [7, 11) is 0. The lowest BCUT2D eigenvalue weighted by molar-refractivity contribution is -0.144. The van der Waals surface area contributed by atoms with E-state index in [0.29, 0.717) is 28.6 Å². The van der Waals surface area contributed by atoms with Gasteiger partial charge >= 0.3 is 5.97 Å². The van der Waals surface area contributed by atoms with Crippen molar-refractivity contribution < 1.29 is 28.6 Å². The molecular weight excluding hydrogens is 364 g/mol. The van der Waals surface area contributed by atoms with Crippen molar-refractivity contribution in [1.82, 2.24) is 10.6 Å². The number of fused-ring (bicyclic) bond motifs is 1. The molecule has 0 saturated carbocycles. The average molecular weight is 383 g/mol. The molecular formula is C17H19ClN2O6. The Morgan fingerprint density at radius 2 is 2.12 bits per heavy atom. The Morgan fingerprint density at radius 1 is 1.35 bits per heavy atom. The highest BCUT2D eigenvalue weighted by atomic mass is 35.5. The molecule has 8 nitrogen and oxygen atoms in total. The smallest absolute Gasteiger partial charge is 0.331 e. The molecule has 26 heavy (non-hydrogen) atoms. The number of likely N-dealkylation sites (N-methyl/N-ethyl adjacent to an activating group) is 1. The van der Waals surface area contributed by atoms with Crippen LogP contribution in [-0.2, 0) is 19.1 Å². The monoisotopic (exact) mass is 382 g/mol. The van der Waals surface area contributed by atoms with E-state index in [2.05, 4.69) is 10.6 Å². The van der Waals surface area contributed by atoms with Gasteiger partial charge in [0.15, 0.2) is 18.1 Å². The van der Waals surface area contributed by atoms with Crippen molar-refractivity contribution >= 4 is 35.5 Å². The van der Waals surface area contributed by atoms with Gasteiger partial charge in [0.25, 0.3) is 5.91 Å². The number of carbonyl (C=O) groups excluding carboxylic acids is 3. The molecule has 2 amide bonds. The van der Waals surface area contributed by atoms with Crippen LogP contribution in [0.2, 0.25) is 5.02 Å². The number of benzene rings is 1. The second kappa shape index (κ2) is 9.10. The van der Waals surface area contributed by atoms with E-state index in [1.165, 1.54) is 13.0 Å². The number of halogens is 1. The molecule has 140 valence electrons. The van der Waals surface area contributed by atoms with E-state index in [-0.39, 0.29) is 12.7 Å². The predicted octanol–water partition coefficient (Wildman–Crippen LogP) is 1.27. The highest BCUT2D eigenvalue weighted by Crippen LogP contribution is 2.40. The number of esters is 1. The van der Waals surface area contributed by atoms with Crippen LogP contribution >= 0.6 is 11.6 Å². The third kappa shape index (κ3) is 5.38. The highest BCUT2D eigenvalue weighted by Gasteiger charge is 2.18. The number of ether oxygens (including phenoxy) is 3. The van der Waals surface area contributed by atoms with Gasteiger partial charge in [-0.1, -0.05) is 11.6 Å². The van der Waals surface area contributed by atoms with Crippen LogP contribution in [0, 0.1) is 0 Å². The Balaban J connectivity index is 1.81. The minimum Gasteiger partial charge on any atom is -0.454 e. The Labute approximate surface area is 155 Å². The summed E-state index contributed by atoms with van der Waals surface area (Å²) < 4.78 is 15.3. The molecule has 0 spiro atoms. The summed E-state index contributed by atoms with van der Waals surface area (Å²) in [5.74, 6) is -0.642. The van der Waals surface area contributed by atoms with Crippen LogP contribution in [0.4, 0.5) is 0 Å².